The predicted molar refractivity (Wildman–Crippen MR) is 106 cm³/mol. The predicted octanol–water partition coefficient (Wildman–Crippen LogP) is 4.71. The molecule has 2 aromatic heterocycles. The molecule has 0 bridgehead atoms. The van der Waals surface area contributed by atoms with Gasteiger partial charge in [-0.2, -0.15) is 5.10 Å². The largest absolute Gasteiger partial charge is 0.497 e. The van der Waals surface area contributed by atoms with Crippen LogP contribution in [-0.2, 0) is 12.8 Å². The number of benzene rings is 2. The molecule has 0 aliphatic heterocycles. The summed E-state index contributed by atoms with van der Waals surface area (Å²) in [6, 6.07) is 11.4. The van der Waals surface area contributed by atoms with E-state index in [1.807, 2.05) is 44.3 Å². The summed E-state index contributed by atoms with van der Waals surface area (Å²) in [5.41, 5.74) is 3.33. The van der Waals surface area contributed by atoms with Crippen LogP contribution < -0.4 is 4.74 Å². The van der Waals surface area contributed by atoms with Gasteiger partial charge in [-0.25, -0.2) is 9.37 Å². The van der Waals surface area contributed by atoms with Gasteiger partial charge in [0.2, 0.25) is 0 Å². The summed E-state index contributed by atoms with van der Waals surface area (Å²) in [7, 11) is 3.47. The number of hydrogen-bond donors (Lipinski definition) is 1. The average molecular weight is 382 g/mol. The molecule has 2 heterocycles. The zero-order valence-corrected chi connectivity index (χ0v) is 16.1. The minimum atomic E-state index is -0.265. The van der Waals surface area contributed by atoms with Crippen molar-refractivity contribution in [3.05, 3.63) is 59.7 Å². The van der Waals surface area contributed by atoms with E-state index < -0.39 is 0 Å². The molecule has 5 nitrogen and oxygen atoms in total. The van der Waals surface area contributed by atoms with Crippen molar-refractivity contribution in [3.8, 4) is 17.1 Å². The van der Waals surface area contributed by atoms with E-state index in [0.717, 1.165) is 33.0 Å². The second-order valence-electron chi connectivity index (χ2n) is 6.35. The van der Waals surface area contributed by atoms with Crippen LogP contribution in [0.3, 0.4) is 0 Å². The van der Waals surface area contributed by atoms with Crippen LogP contribution in [0.2, 0.25) is 0 Å². The number of aromatic amines is 1. The smallest absolute Gasteiger partial charge is 0.182 e. The summed E-state index contributed by atoms with van der Waals surface area (Å²) in [5, 5.41) is 6.10. The molecule has 7 heteroatoms. The van der Waals surface area contributed by atoms with Gasteiger partial charge >= 0.3 is 0 Å². The molecule has 0 aliphatic rings. The maximum atomic E-state index is 14.5. The molecule has 138 valence electrons. The number of nitrogens with zero attached hydrogens (tertiary/aromatic N) is 3. The molecule has 0 aliphatic carbocycles. The van der Waals surface area contributed by atoms with Crippen LogP contribution in [0, 0.1) is 12.7 Å². The molecular weight excluding hydrogens is 363 g/mol. The van der Waals surface area contributed by atoms with E-state index in [1.54, 1.807) is 29.9 Å². The molecular formula is C20H19FN4OS. The standard InChI is InChI=1S/C20H19FN4OS/c1-12-8-16(21)19-15(18(12)20-22-11-25(2)24-20)9-17(23-19)27-10-13-4-6-14(26-3)7-5-13/h4-9,11,23H,10H2,1-3H3. The summed E-state index contributed by atoms with van der Waals surface area (Å²) in [6.07, 6.45) is 1.65. The lowest BCUT2D eigenvalue weighted by Gasteiger charge is -2.04. The van der Waals surface area contributed by atoms with E-state index in [4.69, 9.17) is 4.74 Å². The third-order valence-electron chi connectivity index (χ3n) is 4.42. The Hall–Kier alpha value is -2.80. The van der Waals surface area contributed by atoms with E-state index in [2.05, 4.69) is 15.1 Å². The van der Waals surface area contributed by atoms with Crippen molar-refractivity contribution in [2.24, 2.45) is 7.05 Å². The lowest BCUT2D eigenvalue weighted by atomic mass is 10.0. The number of H-pyrrole nitrogens is 1. The Kier molecular flexibility index (Phi) is 4.61. The normalized spacial score (nSPS) is 11.3. The van der Waals surface area contributed by atoms with Crippen LogP contribution in [0.4, 0.5) is 4.39 Å². The molecule has 0 saturated heterocycles. The third kappa shape index (κ3) is 3.42. The van der Waals surface area contributed by atoms with E-state index >= 15 is 0 Å². The van der Waals surface area contributed by atoms with Gasteiger partial charge in [0.1, 0.15) is 17.9 Å². The van der Waals surface area contributed by atoms with Crippen molar-refractivity contribution in [3.63, 3.8) is 0 Å². The third-order valence-corrected chi connectivity index (χ3v) is 5.42. The van der Waals surface area contributed by atoms with Gasteiger partial charge in [0.15, 0.2) is 5.82 Å². The number of ether oxygens (including phenoxy) is 1. The fourth-order valence-corrected chi connectivity index (χ4v) is 3.96. The van der Waals surface area contributed by atoms with Crippen molar-refractivity contribution in [1.82, 2.24) is 19.7 Å². The summed E-state index contributed by atoms with van der Waals surface area (Å²) in [5.74, 6) is 1.94. The average Bonchev–Trinajstić information content (AvgIpc) is 3.27. The second kappa shape index (κ2) is 7.08. The van der Waals surface area contributed by atoms with Gasteiger partial charge in [-0.15, -0.1) is 11.8 Å². The fraction of sp³-hybridized carbons (Fsp3) is 0.200. The van der Waals surface area contributed by atoms with Crippen LogP contribution in [-0.4, -0.2) is 26.9 Å². The number of halogens is 1. The van der Waals surface area contributed by atoms with Gasteiger partial charge in [0, 0.05) is 23.8 Å². The Morgan fingerprint density at radius 2 is 2.00 bits per heavy atom. The maximum absolute atomic E-state index is 14.5. The molecule has 27 heavy (non-hydrogen) atoms. The van der Waals surface area contributed by atoms with E-state index in [9.17, 15) is 4.39 Å². The maximum Gasteiger partial charge on any atom is 0.182 e. The van der Waals surface area contributed by atoms with Gasteiger partial charge in [-0.3, -0.25) is 4.68 Å². The van der Waals surface area contributed by atoms with Crippen LogP contribution in [0.25, 0.3) is 22.3 Å². The number of methoxy groups -OCH3 is 1. The van der Waals surface area contributed by atoms with Gasteiger partial charge in [-0.1, -0.05) is 12.1 Å². The SMILES string of the molecule is COc1ccc(CSc2cc3c(-c4ncn(C)n4)c(C)cc(F)c3[nH]2)cc1. The van der Waals surface area contributed by atoms with Crippen LogP contribution >= 0.6 is 11.8 Å². The van der Waals surface area contributed by atoms with Gasteiger partial charge in [0.25, 0.3) is 0 Å². The van der Waals surface area contributed by atoms with Crippen molar-refractivity contribution >= 4 is 22.7 Å². The first-order chi connectivity index (χ1) is 13.0. The number of hydrogen-bond acceptors (Lipinski definition) is 4. The Morgan fingerprint density at radius 3 is 2.67 bits per heavy atom. The fourth-order valence-electron chi connectivity index (χ4n) is 3.07. The molecule has 0 amide bonds. The first-order valence-electron chi connectivity index (χ1n) is 8.48. The molecule has 0 atom stereocenters. The molecule has 0 radical (unpaired) electrons. The molecule has 1 N–H and O–H groups in total. The number of aryl methyl sites for hydroxylation is 2. The van der Waals surface area contributed by atoms with Crippen LogP contribution in [0.5, 0.6) is 5.75 Å². The van der Waals surface area contributed by atoms with Crippen molar-refractivity contribution in [1.29, 1.82) is 0 Å². The van der Waals surface area contributed by atoms with E-state index in [-0.39, 0.29) is 5.82 Å². The van der Waals surface area contributed by atoms with Gasteiger partial charge in [0.05, 0.1) is 17.7 Å². The van der Waals surface area contributed by atoms with Gasteiger partial charge < -0.3 is 9.72 Å². The van der Waals surface area contributed by atoms with E-state index in [1.165, 1.54) is 11.6 Å². The highest BCUT2D eigenvalue weighted by Gasteiger charge is 2.17. The Morgan fingerprint density at radius 1 is 1.22 bits per heavy atom. The molecule has 4 rings (SSSR count). The number of fused-ring (bicyclic) bond motifs is 1. The number of nitrogens with one attached hydrogen (secondary N) is 1. The highest BCUT2D eigenvalue weighted by Crippen LogP contribution is 2.35. The lowest BCUT2D eigenvalue weighted by Crippen LogP contribution is -1.92. The lowest BCUT2D eigenvalue weighted by molar-refractivity contribution is 0.414. The quantitative estimate of drug-likeness (QED) is 0.508. The molecule has 2 aromatic carbocycles. The minimum Gasteiger partial charge on any atom is -0.497 e. The van der Waals surface area contributed by atoms with Crippen molar-refractivity contribution in [2.75, 3.05) is 7.11 Å². The second-order valence-corrected chi connectivity index (χ2v) is 7.37. The zero-order valence-electron chi connectivity index (χ0n) is 15.3. The minimum absolute atomic E-state index is 0.265. The Bertz CT molecular complexity index is 1100. The Labute approximate surface area is 160 Å². The summed E-state index contributed by atoms with van der Waals surface area (Å²) in [4.78, 5) is 7.54. The first-order valence-corrected chi connectivity index (χ1v) is 9.47. The molecule has 0 unspecified atom stereocenters. The Balaban J connectivity index is 1.67. The van der Waals surface area contributed by atoms with Gasteiger partial charge in [-0.05, 0) is 42.3 Å². The van der Waals surface area contributed by atoms with Crippen molar-refractivity contribution in [2.45, 2.75) is 17.7 Å². The summed E-state index contributed by atoms with van der Waals surface area (Å²) < 4.78 is 21.3. The number of thioether (sulfide) groups is 1. The molecule has 0 saturated carbocycles. The zero-order chi connectivity index (χ0) is 19.0. The summed E-state index contributed by atoms with van der Waals surface area (Å²) in [6.45, 7) is 1.88. The number of rotatable bonds is 5. The number of aromatic nitrogens is 4. The first kappa shape index (κ1) is 17.6. The summed E-state index contributed by atoms with van der Waals surface area (Å²) >= 11 is 1.63. The van der Waals surface area contributed by atoms with Crippen molar-refractivity contribution < 1.29 is 9.13 Å². The van der Waals surface area contributed by atoms with Crippen LogP contribution in [0.1, 0.15) is 11.1 Å². The van der Waals surface area contributed by atoms with Crippen LogP contribution in [0.15, 0.2) is 47.8 Å². The molecule has 0 fully saturated rings. The monoisotopic (exact) mass is 382 g/mol. The molecule has 4 aromatic rings. The van der Waals surface area contributed by atoms with E-state index in [0.29, 0.717) is 11.3 Å². The highest BCUT2D eigenvalue weighted by molar-refractivity contribution is 7.98. The topological polar surface area (TPSA) is 55.7 Å². The highest BCUT2D eigenvalue weighted by atomic mass is 32.2. The molecule has 0 spiro atoms.